The van der Waals surface area contributed by atoms with Gasteiger partial charge >= 0.3 is 5.97 Å². The summed E-state index contributed by atoms with van der Waals surface area (Å²) in [7, 11) is 3.04. The third-order valence-corrected chi connectivity index (χ3v) is 6.80. The number of aryl methyl sites for hydroxylation is 1. The van der Waals surface area contributed by atoms with Gasteiger partial charge in [0.2, 0.25) is 17.5 Å². The maximum atomic E-state index is 15.0. The molecule has 3 heterocycles. The quantitative estimate of drug-likeness (QED) is 0.258. The number of aromatic nitrogens is 6. The molecule has 2 aromatic carbocycles. The van der Waals surface area contributed by atoms with Crippen LogP contribution in [0.4, 0.5) is 4.39 Å². The fourth-order valence-electron chi connectivity index (χ4n) is 4.03. The van der Waals surface area contributed by atoms with Crippen molar-refractivity contribution in [1.82, 2.24) is 35.2 Å². The second-order valence-electron chi connectivity index (χ2n) is 9.27. The Kier molecular flexibility index (Phi) is 7.43. The first-order valence-corrected chi connectivity index (χ1v) is 12.6. The summed E-state index contributed by atoms with van der Waals surface area (Å²) in [6.45, 7) is 0.0651. The minimum absolute atomic E-state index is 0.0651. The number of carbonyl (C=O) groups excluding carboxylic acids is 1. The minimum Gasteiger partial charge on any atom is -0.479 e. The number of ether oxygens (including phenoxy) is 1. The van der Waals surface area contributed by atoms with Crippen LogP contribution in [0.2, 0.25) is 5.02 Å². The number of hydrogen-bond acceptors (Lipinski definition) is 9. The number of fused-ring (bicyclic) bond motifs is 1. The lowest BCUT2D eigenvalue weighted by atomic mass is 10.1. The molecule has 1 aliphatic carbocycles. The van der Waals surface area contributed by atoms with Crippen molar-refractivity contribution in [1.29, 1.82) is 0 Å². The average molecular weight is 583 g/mol. The molecule has 0 unspecified atom stereocenters. The van der Waals surface area contributed by atoms with E-state index in [1.54, 1.807) is 23.7 Å². The predicted molar refractivity (Wildman–Crippen MR) is 144 cm³/mol. The van der Waals surface area contributed by atoms with Gasteiger partial charge < -0.3 is 30.0 Å². The topological polar surface area (TPSA) is 176 Å². The van der Waals surface area contributed by atoms with Gasteiger partial charge in [-0.1, -0.05) is 35.9 Å². The SMILES string of the molecule is COc1cc(C(=O)O)on1.Cn1nnc(-c2c(Cl)c3ccccc3n2-c2ccc(CNC(=O)C3(N)CC3)c(F)c2)n1. The van der Waals surface area contributed by atoms with Gasteiger partial charge in [0.1, 0.15) is 11.5 Å². The van der Waals surface area contributed by atoms with E-state index in [0.29, 0.717) is 40.6 Å². The molecule has 1 saturated carbocycles. The Morgan fingerprint density at radius 1 is 1.24 bits per heavy atom. The van der Waals surface area contributed by atoms with Crippen LogP contribution in [0, 0.1) is 5.82 Å². The Morgan fingerprint density at radius 3 is 2.59 bits per heavy atom. The summed E-state index contributed by atoms with van der Waals surface area (Å²) in [5, 5.41) is 27.8. The summed E-state index contributed by atoms with van der Waals surface area (Å²) < 4.78 is 25.7. The van der Waals surface area contributed by atoms with E-state index in [9.17, 15) is 14.0 Å². The Balaban J connectivity index is 0.000000287. The van der Waals surface area contributed by atoms with E-state index in [2.05, 4.69) is 35.1 Å². The number of carbonyl (C=O) groups is 2. The smallest absolute Gasteiger partial charge is 0.374 e. The monoisotopic (exact) mass is 582 g/mol. The van der Waals surface area contributed by atoms with Crippen molar-refractivity contribution in [2.75, 3.05) is 7.11 Å². The number of amides is 1. The van der Waals surface area contributed by atoms with Gasteiger partial charge in [-0.3, -0.25) is 4.79 Å². The molecule has 1 fully saturated rings. The third kappa shape index (κ3) is 5.60. The largest absolute Gasteiger partial charge is 0.479 e. The number of aromatic carboxylic acids is 1. The lowest BCUT2D eigenvalue weighted by Gasteiger charge is -2.13. The number of carboxylic acids is 1. The van der Waals surface area contributed by atoms with Crippen molar-refractivity contribution >= 4 is 34.4 Å². The summed E-state index contributed by atoms with van der Waals surface area (Å²) >= 11 is 6.67. The van der Waals surface area contributed by atoms with Crippen LogP contribution in [0.1, 0.15) is 29.0 Å². The minimum atomic E-state index is -1.16. The van der Waals surface area contributed by atoms with Gasteiger partial charge in [-0.05, 0) is 41.4 Å². The number of nitrogens with zero attached hydrogens (tertiary/aromatic N) is 6. The van der Waals surface area contributed by atoms with Crippen LogP contribution >= 0.6 is 11.6 Å². The molecule has 6 rings (SSSR count). The van der Waals surface area contributed by atoms with Crippen LogP contribution in [0.5, 0.6) is 5.88 Å². The molecule has 41 heavy (non-hydrogen) atoms. The van der Waals surface area contributed by atoms with Gasteiger partial charge in [-0.25, -0.2) is 9.18 Å². The van der Waals surface area contributed by atoms with Crippen molar-refractivity contribution in [3.63, 3.8) is 0 Å². The van der Waals surface area contributed by atoms with Crippen molar-refractivity contribution < 1.29 is 28.3 Å². The number of hydrogen-bond donors (Lipinski definition) is 3. The number of nitrogens with two attached hydrogens (primary N) is 1. The van der Waals surface area contributed by atoms with Crippen molar-refractivity contribution in [2.24, 2.45) is 12.8 Å². The van der Waals surface area contributed by atoms with Gasteiger partial charge in [-0.2, -0.15) is 4.80 Å². The number of benzene rings is 2. The molecule has 0 radical (unpaired) electrons. The molecular formula is C26H24ClFN8O5. The highest BCUT2D eigenvalue weighted by Crippen LogP contribution is 2.38. The molecule has 5 aromatic rings. The Bertz CT molecular complexity index is 1760. The zero-order chi connectivity index (χ0) is 29.3. The molecule has 3 aromatic heterocycles. The number of para-hydroxylation sites is 1. The number of methoxy groups -OCH3 is 1. The van der Waals surface area contributed by atoms with Gasteiger partial charge in [0.05, 0.1) is 36.3 Å². The molecule has 15 heteroatoms. The van der Waals surface area contributed by atoms with Crippen LogP contribution in [0.3, 0.4) is 0 Å². The molecule has 13 nitrogen and oxygen atoms in total. The number of nitrogens with one attached hydrogen (secondary N) is 1. The fourth-order valence-corrected chi connectivity index (χ4v) is 4.36. The van der Waals surface area contributed by atoms with E-state index >= 15 is 0 Å². The summed E-state index contributed by atoms with van der Waals surface area (Å²) in [6.07, 6.45) is 1.31. The van der Waals surface area contributed by atoms with Crippen LogP contribution < -0.4 is 15.8 Å². The zero-order valence-electron chi connectivity index (χ0n) is 21.8. The van der Waals surface area contributed by atoms with E-state index < -0.39 is 17.3 Å². The highest BCUT2D eigenvalue weighted by Gasteiger charge is 2.45. The second kappa shape index (κ2) is 11.0. The summed E-state index contributed by atoms with van der Waals surface area (Å²) in [6, 6.07) is 13.5. The summed E-state index contributed by atoms with van der Waals surface area (Å²) in [4.78, 5) is 23.5. The highest BCUT2D eigenvalue weighted by atomic mass is 35.5. The lowest BCUT2D eigenvalue weighted by molar-refractivity contribution is -0.123. The van der Waals surface area contributed by atoms with Gasteiger partial charge in [-0.15, -0.1) is 10.2 Å². The molecule has 4 N–H and O–H groups in total. The first kappa shape index (κ1) is 27.7. The second-order valence-corrected chi connectivity index (χ2v) is 9.65. The molecular weight excluding hydrogens is 559 g/mol. The van der Waals surface area contributed by atoms with Crippen molar-refractivity contribution in [2.45, 2.75) is 24.9 Å². The molecule has 1 amide bonds. The lowest BCUT2D eigenvalue weighted by Crippen LogP contribution is -2.42. The van der Waals surface area contributed by atoms with Crippen molar-refractivity contribution in [3.05, 3.63) is 70.7 Å². The molecule has 212 valence electrons. The summed E-state index contributed by atoms with van der Waals surface area (Å²) in [5.41, 5.74) is 7.31. The number of tetrazole rings is 1. The van der Waals surface area contributed by atoms with E-state index in [-0.39, 0.29) is 24.1 Å². The van der Waals surface area contributed by atoms with Crippen LogP contribution in [-0.4, -0.2) is 59.6 Å². The summed E-state index contributed by atoms with van der Waals surface area (Å²) in [5.74, 6) is -1.59. The van der Waals surface area contributed by atoms with Crippen LogP contribution in [0.25, 0.3) is 28.1 Å². The number of halogens is 2. The molecule has 0 aliphatic heterocycles. The predicted octanol–water partition coefficient (Wildman–Crippen LogP) is 3.10. The first-order chi connectivity index (χ1) is 19.6. The Morgan fingerprint density at radius 2 is 2.00 bits per heavy atom. The van der Waals surface area contributed by atoms with Gasteiger partial charge in [0.25, 0.3) is 5.88 Å². The third-order valence-electron chi connectivity index (χ3n) is 6.42. The fraction of sp³-hybridized carbons (Fsp3) is 0.231. The zero-order valence-corrected chi connectivity index (χ0v) is 22.6. The molecule has 0 spiro atoms. The van der Waals surface area contributed by atoms with Crippen LogP contribution in [-0.2, 0) is 18.4 Å². The molecule has 0 bridgehead atoms. The standard InChI is InChI=1S/C21H19ClFN7O.C5H5NO4/c1-29-27-19(26-28-29)18-17(22)14-4-2-3-5-16(14)30(18)13-7-6-12(15(23)10-13)11-25-20(31)21(24)8-9-21;1-9-4-2-3(5(7)8)10-6-4/h2-7,10H,8-9,11,24H2,1H3,(H,25,31);2H,1H3,(H,7,8). The maximum absolute atomic E-state index is 15.0. The first-order valence-electron chi connectivity index (χ1n) is 12.2. The maximum Gasteiger partial charge on any atom is 0.374 e. The number of rotatable bonds is 7. The van der Waals surface area contributed by atoms with E-state index in [0.717, 1.165) is 10.9 Å². The van der Waals surface area contributed by atoms with E-state index in [1.165, 1.54) is 24.0 Å². The Labute approximate surface area is 236 Å². The molecule has 0 atom stereocenters. The van der Waals surface area contributed by atoms with E-state index in [4.69, 9.17) is 22.4 Å². The Hall–Kier alpha value is -4.82. The van der Waals surface area contributed by atoms with Gasteiger partial charge in [0.15, 0.2) is 0 Å². The normalized spacial score (nSPS) is 13.4. The van der Waals surface area contributed by atoms with Crippen molar-refractivity contribution in [3.8, 4) is 23.1 Å². The van der Waals surface area contributed by atoms with Gasteiger partial charge in [0, 0.05) is 23.2 Å². The molecule has 1 aliphatic rings. The molecule has 0 saturated heterocycles. The highest BCUT2D eigenvalue weighted by molar-refractivity contribution is 6.38. The van der Waals surface area contributed by atoms with E-state index in [1.807, 2.05) is 24.3 Å². The average Bonchev–Trinajstić information content (AvgIpc) is 3.29. The number of carboxylic acid groups (broad SMARTS) is 1. The van der Waals surface area contributed by atoms with Crippen LogP contribution in [0.15, 0.2) is 53.1 Å².